The van der Waals surface area contributed by atoms with Crippen LogP contribution in [0.3, 0.4) is 0 Å². The highest BCUT2D eigenvalue weighted by Gasteiger charge is 2.08. The number of nitrogens with one attached hydrogen (secondary N) is 1. The topological polar surface area (TPSA) is 41.5 Å². The van der Waals surface area contributed by atoms with E-state index in [1.54, 1.807) is 0 Å². The molecule has 0 radical (unpaired) electrons. The third kappa shape index (κ3) is 4.74. The van der Waals surface area contributed by atoms with E-state index in [4.69, 9.17) is 16.3 Å². The molecule has 0 aliphatic heterocycles. The molecular formula is C17H20ClNO2. The maximum atomic E-state index is 9.73. The molecule has 0 spiro atoms. The average Bonchev–Trinajstić information content (AvgIpc) is 2.52. The number of rotatable bonds is 7. The Kier molecular flexibility index (Phi) is 6.05. The number of halogens is 1. The summed E-state index contributed by atoms with van der Waals surface area (Å²) >= 11 is 6.24. The monoisotopic (exact) mass is 305 g/mol. The number of hydrogen-bond donors (Lipinski definition) is 2. The van der Waals surface area contributed by atoms with Gasteiger partial charge in [0.25, 0.3) is 0 Å². The van der Waals surface area contributed by atoms with Crippen LogP contribution in [0.25, 0.3) is 11.1 Å². The number of likely N-dealkylation sites (N-methyl/N-ethyl adjacent to an activating group) is 1. The average molecular weight is 306 g/mol. The van der Waals surface area contributed by atoms with E-state index in [2.05, 4.69) is 5.32 Å². The first-order valence-electron chi connectivity index (χ1n) is 7.07. The maximum absolute atomic E-state index is 9.73. The molecular weight excluding hydrogens is 286 g/mol. The van der Waals surface area contributed by atoms with Crippen molar-refractivity contribution < 1.29 is 9.84 Å². The Morgan fingerprint density at radius 3 is 2.57 bits per heavy atom. The van der Waals surface area contributed by atoms with Gasteiger partial charge in [0.1, 0.15) is 18.5 Å². The molecule has 4 heteroatoms. The largest absolute Gasteiger partial charge is 0.489 e. The number of benzene rings is 2. The van der Waals surface area contributed by atoms with Gasteiger partial charge in [0.2, 0.25) is 0 Å². The normalized spacial score (nSPS) is 12.1. The van der Waals surface area contributed by atoms with Crippen molar-refractivity contribution in [1.29, 1.82) is 0 Å². The van der Waals surface area contributed by atoms with Crippen molar-refractivity contribution in [3.05, 3.63) is 53.6 Å². The SMILES string of the molecule is CCNCC(O)COc1ccc(-c2ccccc2)cc1Cl. The predicted molar refractivity (Wildman–Crippen MR) is 86.9 cm³/mol. The summed E-state index contributed by atoms with van der Waals surface area (Å²) in [4.78, 5) is 0. The van der Waals surface area contributed by atoms with Gasteiger partial charge in [0.05, 0.1) is 5.02 Å². The Morgan fingerprint density at radius 1 is 1.14 bits per heavy atom. The zero-order valence-corrected chi connectivity index (χ0v) is 12.8. The van der Waals surface area contributed by atoms with Crippen LogP contribution in [0.5, 0.6) is 5.75 Å². The molecule has 0 aromatic heterocycles. The van der Waals surface area contributed by atoms with Crippen LogP contribution in [0.1, 0.15) is 6.92 Å². The summed E-state index contributed by atoms with van der Waals surface area (Å²) in [6, 6.07) is 15.7. The van der Waals surface area contributed by atoms with E-state index in [0.29, 0.717) is 17.3 Å². The molecule has 0 saturated carbocycles. The molecule has 0 bridgehead atoms. The summed E-state index contributed by atoms with van der Waals surface area (Å²) in [5.74, 6) is 0.590. The van der Waals surface area contributed by atoms with Gasteiger partial charge in [-0.3, -0.25) is 0 Å². The van der Waals surface area contributed by atoms with Gasteiger partial charge in [0.15, 0.2) is 0 Å². The fraction of sp³-hybridized carbons (Fsp3) is 0.294. The quantitative estimate of drug-likeness (QED) is 0.824. The molecule has 2 aromatic rings. The highest BCUT2D eigenvalue weighted by molar-refractivity contribution is 6.32. The third-order valence-electron chi connectivity index (χ3n) is 3.10. The van der Waals surface area contributed by atoms with Gasteiger partial charge in [-0.2, -0.15) is 0 Å². The molecule has 3 nitrogen and oxygen atoms in total. The van der Waals surface area contributed by atoms with E-state index >= 15 is 0 Å². The minimum atomic E-state index is -0.546. The lowest BCUT2D eigenvalue weighted by molar-refractivity contribution is 0.107. The smallest absolute Gasteiger partial charge is 0.138 e. The fourth-order valence-electron chi connectivity index (χ4n) is 1.98. The molecule has 0 saturated heterocycles. The van der Waals surface area contributed by atoms with Crippen molar-refractivity contribution in [3.8, 4) is 16.9 Å². The van der Waals surface area contributed by atoms with Crippen LogP contribution in [-0.2, 0) is 0 Å². The van der Waals surface area contributed by atoms with Crippen LogP contribution >= 0.6 is 11.6 Å². The first-order valence-corrected chi connectivity index (χ1v) is 7.45. The zero-order chi connectivity index (χ0) is 15.1. The van der Waals surface area contributed by atoms with Crippen molar-refractivity contribution in [2.75, 3.05) is 19.7 Å². The first kappa shape index (κ1) is 15.8. The molecule has 1 unspecified atom stereocenters. The zero-order valence-electron chi connectivity index (χ0n) is 12.1. The molecule has 0 fully saturated rings. The van der Waals surface area contributed by atoms with Crippen molar-refractivity contribution in [3.63, 3.8) is 0 Å². The molecule has 1 atom stereocenters. The lowest BCUT2D eigenvalue weighted by Crippen LogP contribution is -2.31. The maximum Gasteiger partial charge on any atom is 0.138 e. The summed E-state index contributed by atoms with van der Waals surface area (Å²) in [5.41, 5.74) is 2.15. The molecule has 21 heavy (non-hydrogen) atoms. The van der Waals surface area contributed by atoms with E-state index in [1.165, 1.54) is 0 Å². The van der Waals surface area contributed by atoms with Gasteiger partial charge in [-0.05, 0) is 29.8 Å². The van der Waals surface area contributed by atoms with Gasteiger partial charge in [-0.1, -0.05) is 54.9 Å². The van der Waals surface area contributed by atoms with Gasteiger partial charge in [0, 0.05) is 6.54 Å². The van der Waals surface area contributed by atoms with Crippen LogP contribution in [-0.4, -0.2) is 30.9 Å². The molecule has 0 aliphatic carbocycles. The number of hydrogen-bond acceptors (Lipinski definition) is 3. The van der Waals surface area contributed by atoms with Crippen molar-refractivity contribution in [2.24, 2.45) is 0 Å². The summed E-state index contributed by atoms with van der Waals surface area (Å²) in [6.07, 6.45) is -0.546. The lowest BCUT2D eigenvalue weighted by atomic mass is 10.1. The minimum Gasteiger partial charge on any atom is -0.489 e. The molecule has 0 heterocycles. The summed E-state index contributed by atoms with van der Waals surface area (Å²) in [5, 5.41) is 13.3. The molecule has 2 aromatic carbocycles. The Balaban J connectivity index is 2.00. The third-order valence-corrected chi connectivity index (χ3v) is 3.40. The van der Waals surface area contributed by atoms with Gasteiger partial charge in [-0.25, -0.2) is 0 Å². The Hall–Kier alpha value is -1.55. The van der Waals surface area contributed by atoms with Crippen molar-refractivity contribution >= 4 is 11.6 Å². The predicted octanol–water partition coefficient (Wildman–Crippen LogP) is 3.36. The second-order valence-electron chi connectivity index (χ2n) is 4.78. The summed E-state index contributed by atoms with van der Waals surface area (Å²) < 4.78 is 5.56. The van der Waals surface area contributed by atoms with Crippen LogP contribution in [0.2, 0.25) is 5.02 Å². The Bertz CT molecular complexity index is 560. The molecule has 112 valence electrons. The number of aliphatic hydroxyl groups excluding tert-OH is 1. The molecule has 0 aliphatic rings. The van der Waals surface area contributed by atoms with E-state index in [0.717, 1.165) is 17.7 Å². The fourth-order valence-corrected chi connectivity index (χ4v) is 2.22. The molecule has 2 N–H and O–H groups in total. The van der Waals surface area contributed by atoms with E-state index < -0.39 is 6.10 Å². The highest BCUT2D eigenvalue weighted by Crippen LogP contribution is 2.30. The highest BCUT2D eigenvalue weighted by atomic mass is 35.5. The molecule has 0 amide bonds. The van der Waals surface area contributed by atoms with Crippen LogP contribution < -0.4 is 10.1 Å². The first-order chi connectivity index (χ1) is 10.2. The van der Waals surface area contributed by atoms with Crippen LogP contribution in [0.15, 0.2) is 48.5 Å². The Labute approximate surface area is 130 Å². The van der Waals surface area contributed by atoms with E-state index in [-0.39, 0.29) is 6.61 Å². The standard InChI is InChI=1S/C17H20ClNO2/c1-2-19-11-15(20)12-21-17-9-8-14(10-16(17)18)13-6-4-3-5-7-13/h3-10,15,19-20H,2,11-12H2,1H3. The Morgan fingerprint density at radius 2 is 1.90 bits per heavy atom. The van der Waals surface area contributed by atoms with Crippen molar-refractivity contribution in [2.45, 2.75) is 13.0 Å². The second kappa shape index (κ2) is 8.03. The van der Waals surface area contributed by atoms with Crippen molar-refractivity contribution in [1.82, 2.24) is 5.32 Å². The van der Waals surface area contributed by atoms with Gasteiger partial charge in [-0.15, -0.1) is 0 Å². The van der Waals surface area contributed by atoms with E-state index in [1.807, 2.05) is 55.5 Å². The van der Waals surface area contributed by atoms with Crippen LogP contribution in [0.4, 0.5) is 0 Å². The van der Waals surface area contributed by atoms with Gasteiger partial charge >= 0.3 is 0 Å². The number of aliphatic hydroxyl groups is 1. The van der Waals surface area contributed by atoms with Crippen LogP contribution in [0, 0.1) is 0 Å². The number of ether oxygens (including phenoxy) is 1. The summed E-state index contributed by atoms with van der Waals surface area (Å²) in [7, 11) is 0. The lowest BCUT2D eigenvalue weighted by Gasteiger charge is -2.14. The molecule has 2 rings (SSSR count). The summed E-state index contributed by atoms with van der Waals surface area (Å²) in [6.45, 7) is 3.55. The van der Waals surface area contributed by atoms with E-state index in [9.17, 15) is 5.11 Å². The second-order valence-corrected chi connectivity index (χ2v) is 5.19. The van der Waals surface area contributed by atoms with Gasteiger partial charge < -0.3 is 15.2 Å². The minimum absolute atomic E-state index is 0.220.